The van der Waals surface area contributed by atoms with Crippen molar-refractivity contribution in [1.82, 2.24) is 4.90 Å². The number of ether oxygens (including phenoxy) is 2. The van der Waals surface area contributed by atoms with Crippen LogP contribution in [0.1, 0.15) is 18.4 Å². The number of hydrogen-bond donors (Lipinski definition) is 1. The summed E-state index contributed by atoms with van der Waals surface area (Å²) in [6, 6.07) is 9.45. The molecule has 2 fully saturated rings. The Bertz CT molecular complexity index is 464. The molecule has 1 amide bonds. The van der Waals surface area contributed by atoms with Crippen molar-refractivity contribution in [2.75, 3.05) is 13.2 Å². The predicted molar refractivity (Wildman–Crippen MR) is 72.1 cm³/mol. The van der Waals surface area contributed by atoms with Crippen molar-refractivity contribution in [3.63, 3.8) is 0 Å². The Morgan fingerprint density at radius 3 is 2.95 bits per heavy atom. The zero-order chi connectivity index (χ0) is 13.9. The lowest BCUT2D eigenvalue weighted by molar-refractivity contribution is 0.0642. The molecule has 0 bridgehead atoms. The zero-order valence-corrected chi connectivity index (χ0v) is 11.3. The Hall–Kier alpha value is -1.59. The Labute approximate surface area is 118 Å². The smallest absolute Gasteiger partial charge is 0.410 e. The Morgan fingerprint density at radius 1 is 1.40 bits per heavy atom. The van der Waals surface area contributed by atoms with E-state index in [1.54, 1.807) is 4.90 Å². The summed E-state index contributed by atoms with van der Waals surface area (Å²) in [5.41, 5.74) is 0.958. The second kappa shape index (κ2) is 5.81. The van der Waals surface area contributed by atoms with Gasteiger partial charge in [0.1, 0.15) is 6.61 Å². The summed E-state index contributed by atoms with van der Waals surface area (Å²) in [6.45, 7) is 0.888. The van der Waals surface area contributed by atoms with Crippen LogP contribution in [0, 0.1) is 0 Å². The van der Waals surface area contributed by atoms with Gasteiger partial charge in [-0.15, -0.1) is 0 Å². The summed E-state index contributed by atoms with van der Waals surface area (Å²) < 4.78 is 11.0. The maximum atomic E-state index is 12.3. The molecule has 1 aromatic carbocycles. The first-order valence-corrected chi connectivity index (χ1v) is 7.01. The Morgan fingerprint density at radius 2 is 2.20 bits per heavy atom. The number of likely N-dealkylation sites (tertiary alicyclic amines) is 1. The maximum Gasteiger partial charge on any atom is 0.410 e. The summed E-state index contributed by atoms with van der Waals surface area (Å²) in [7, 11) is 0. The van der Waals surface area contributed by atoms with E-state index in [1.165, 1.54) is 0 Å². The van der Waals surface area contributed by atoms with Gasteiger partial charge in [0, 0.05) is 6.61 Å². The quantitative estimate of drug-likeness (QED) is 0.910. The van der Waals surface area contributed by atoms with E-state index in [0.29, 0.717) is 13.0 Å². The molecular weight excluding hydrogens is 258 g/mol. The van der Waals surface area contributed by atoms with Gasteiger partial charge in [0.25, 0.3) is 0 Å². The van der Waals surface area contributed by atoms with E-state index in [0.717, 1.165) is 12.0 Å². The van der Waals surface area contributed by atoms with Crippen molar-refractivity contribution < 1.29 is 19.4 Å². The zero-order valence-electron chi connectivity index (χ0n) is 11.3. The van der Waals surface area contributed by atoms with Crippen molar-refractivity contribution in [1.29, 1.82) is 0 Å². The van der Waals surface area contributed by atoms with Crippen LogP contribution in [0.15, 0.2) is 30.3 Å². The van der Waals surface area contributed by atoms with Gasteiger partial charge in [0.2, 0.25) is 0 Å². The monoisotopic (exact) mass is 277 g/mol. The third-order valence-electron chi connectivity index (χ3n) is 4.06. The molecule has 5 nitrogen and oxygen atoms in total. The van der Waals surface area contributed by atoms with E-state index in [1.807, 2.05) is 30.3 Å². The first kappa shape index (κ1) is 13.4. The van der Waals surface area contributed by atoms with Gasteiger partial charge in [0.15, 0.2) is 0 Å². The van der Waals surface area contributed by atoms with Crippen LogP contribution in [0.4, 0.5) is 4.79 Å². The van der Waals surface area contributed by atoms with Gasteiger partial charge in [-0.1, -0.05) is 30.3 Å². The number of aliphatic hydroxyl groups is 1. The fraction of sp³-hybridized carbons (Fsp3) is 0.533. The third kappa shape index (κ3) is 2.51. The average molecular weight is 277 g/mol. The lowest BCUT2D eigenvalue weighted by Gasteiger charge is -2.27. The molecule has 3 rings (SSSR count). The van der Waals surface area contributed by atoms with Crippen molar-refractivity contribution in [2.24, 2.45) is 0 Å². The van der Waals surface area contributed by atoms with Crippen LogP contribution < -0.4 is 0 Å². The molecule has 0 aliphatic carbocycles. The first-order chi connectivity index (χ1) is 9.79. The topological polar surface area (TPSA) is 59.0 Å². The van der Waals surface area contributed by atoms with Gasteiger partial charge in [0.05, 0.1) is 24.8 Å². The number of fused-ring (bicyclic) bond motifs is 1. The highest BCUT2D eigenvalue weighted by atomic mass is 16.6. The van der Waals surface area contributed by atoms with E-state index < -0.39 is 0 Å². The summed E-state index contributed by atoms with van der Waals surface area (Å²) in [4.78, 5) is 13.9. The molecule has 0 radical (unpaired) electrons. The maximum absolute atomic E-state index is 12.3. The standard InChI is InChI=1S/C15H19NO4/c17-9-12-8-14-13(6-7-19-14)16(12)15(18)20-10-11-4-2-1-3-5-11/h1-5,12-14,17H,6-10H2/t12-,13-,14-/m0/s1. The van der Waals surface area contributed by atoms with Crippen molar-refractivity contribution in [3.8, 4) is 0 Å². The highest BCUT2D eigenvalue weighted by molar-refractivity contribution is 5.69. The van der Waals surface area contributed by atoms with E-state index in [2.05, 4.69) is 0 Å². The number of benzene rings is 1. The van der Waals surface area contributed by atoms with Crippen LogP contribution in [0.25, 0.3) is 0 Å². The molecule has 1 N–H and O–H groups in total. The molecule has 5 heteroatoms. The van der Waals surface area contributed by atoms with E-state index in [4.69, 9.17) is 9.47 Å². The highest BCUT2D eigenvalue weighted by Crippen LogP contribution is 2.33. The normalized spacial score (nSPS) is 28.4. The van der Waals surface area contributed by atoms with Crippen LogP contribution in [0.3, 0.4) is 0 Å². The van der Waals surface area contributed by atoms with Gasteiger partial charge in [-0.3, -0.25) is 4.90 Å². The number of carbonyl (C=O) groups excluding carboxylic acids is 1. The van der Waals surface area contributed by atoms with E-state index in [-0.39, 0.29) is 37.5 Å². The largest absolute Gasteiger partial charge is 0.445 e. The Kier molecular flexibility index (Phi) is 3.89. The van der Waals surface area contributed by atoms with Gasteiger partial charge in [-0.25, -0.2) is 4.79 Å². The van der Waals surface area contributed by atoms with Crippen LogP contribution in [0.5, 0.6) is 0 Å². The fourth-order valence-corrected chi connectivity index (χ4v) is 3.07. The summed E-state index contributed by atoms with van der Waals surface area (Å²) >= 11 is 0. The third-order valence-corrected chi connectivity index (χ3v) is 4.06. The van der Waals surface area contributed by atoms with Gasteiger partial charge >= 0.3 is 6.09 Å². The molecule has 0 unspecified atom stereocenters. The minimum Gasteiger partial charge on any atom is -0.445 e. The molecule has 3 atom stereocenters. The SMILES string of the molecule is O=C(OCc1ccccc1)N1[C@H](CO)C[C@@H]2OCC[C@@H]21. The molecule has 1 aromatic rings. The second-order valence-electron chi connectivity index (χ2n) is 5.28. The Balaban J connectivity index is 1.63. The number of hydrogen-bond acceptors (Lipinski definition) is 4. The van der Waals surface area contributed by atoms with Crippen LogP contribution in [-0.2, 0) is 16.1 Å². The lowest BCUT2D eigenvalue weighted by atomic mass is 10.1. The molecule has 0 saturated carbocycles. The molecule has 2 aliphatic rings. The molecule has 2 heterocycles. The van der Waals surface area contributed by atoms with Crippen molar-refractivity contribution >= 4 is 6.09 Å². The molecule has 2 saturated heterocycles. The average Bonchev–Trinajstić information content (AvgIpc) is 3.05. The van der Waals surface area contributed by atoms with Crippen LogP contribution >= 0.6 is 0 Å². The van der Waals surface area contributed by atoms with Crippen LogP contribution in [0.2, 0.25) is 0 Å². The van der Waals surface area contributed by atoms with Crippen molar-refractivity contribution in [3.05, 3.63) is 35.9 Å². The van der Waals surface area contributed by atoms with Crippen molar-refractivity contribution in [2.45, 2.75) is 37.6 Å². The van der Waals surface area contributed by atoms with Gasteiger partial charge in [-0.05, 0) is 18.4 Å². The van der Waals surface area contributed by atoms with Crippen LogP contribution in [-0.4, -0.2) is 47.5 Å². The first-order valence-electron chi connectivity index (χ1n) is 7.01. The summed E-state index contributed by atoms with van der Waals surface area (Å²) in [5, 5.41) is 9.42. The molecular formula is C15H19NO4. The summed E-state index contributed by atoms with van der Waals surface area (Å²) in [5.74, 6) is 0. The highest BCUT2D eigenvalue weighted by Gasteiger charge is 2.47. The number of amides is 1. The van der Waals surface area contributed by atoms with Gasteiger partial charge in [-0.2, -0.15) is 0 Å². The second-order valence-corrected chi connectivity index (χ2v) is 5.28. The number of aliphatic hydroxyl groups excluding tert-OH is 1. The minimum atomic E-state index is -0.356. The molecule has 0 spiro atoms. The minimum absolute atomic E-state index is 0.0448. The molecule has 0 aromatic heterocycles. The summed E-state index contributed by atoms with van der Waals surface area (Å²) in [6.07, 6.45) is 1.21. The fourth-order valence-electron chi connectivity index (χ4n) is 3.07. The lowest BCUT2D eigenvalue weighted by Crippen LogP contribution is -2.43. The number of nitrogens with zero attached hydrogens (tertiary/aromatic N) is 1. The van der Waals surface area contributed by atoms with E-state index in [9.17, 15) is 9.90 Å². The predicted octanol–water partition coefficient (Wildman–Crippen LogP) is 1.55. The molecule has 2 aliphatic heterocycles. The molecule has 108 valence electrons. The van der Waals surface area contributed by atoms with Gasteiger partial charge < -0.3 is 14.6 Å². The number of carbonyl (C=O) groups is 1. The molecule has 20 heavy (non-hydrogen) atoms. The van der Waals surface area contributed by atoms with E-state index >= 15 is 0 Å². The number of rotatable bonds is 3.